The van der Waals surface area contributed by atoms with E-state index in [4.69, 9.17) is 43.1 Å². The van der Waals surface area contributed by atoms with E-state index >= 15 is 0 Å². The maximum absolute atomic E-state index is 12.2. The van der Waals surface area contributed by atoms with Crippen LogP contribution in [0.2, 0.25) is 10.0 Å². The van der Waals surface area contributed by atoms with Crippen molar-refractivity contribution in [3.8, 4) is 17.4 Å². The number of carbonyl (C=O) groups excluding carboxylic acids is 1. The summed E-state index contributed by atoms with van der Waals surface area (Å²) >= 11 is 12.3. The second-order valence-corrected chi connectivity index (χ2v) is 6.51. The van der Waals surface area contributed by atoms with E-state index in [0.29, 0.717) is 5.69 Å². The zero-order valence-electron chi connectivity index (χ0n) is 14.8. The lowest BCUT2D eigenvalue weighted by Gasteiger charge is -2.13. The number of esters is 1. The number of hydrogen-bond acceptors (Lipinski definition) is 6. The fourth-order valence-corrected chi connectivity index (χ4v) is 2.96. The standard InChI is InChI=1S/C20H16Cl2N2O4/c1-26-20(25)14-9-18(28-19-15(21)7-13(23)8-16(19)22)24-10-17(14)27-11-12-5-3-2-4-6-12/h2-10H,11,23H2,1H3. The van der Waals surface area contributed by atoms with Crippen molar-refractivity contribution in [3.63, 3.8) is 0 Å². The van der Waals surface area contributed by atoms with Gasteiger partial charge in [-0.2, -0.15) is 0 Å². The van der Waals surface area contributed by atoms with E-state index in [1.807, 2.05) is 30.3 Å². The Hall–Kier alpha value is -2.96. The van der Waals surface area contributed by atoms with Crippen LogP contribution in [-0.4, -0.2) is 18.1 Å². The lowest BCUT2D eigenvalue weighted by Crippen LogP contribution is -2.07. The van der Waals surface area contributed by atoms with Gasteiger partial charge in [0.1, 0.15) is 12.2 Å². The number of hydrogen-bond donors (Lipinski definition) is 1. The van der Waals surface area contributed by atoms with Crippen molar-refractivity contribution >= 4 is 34.9 Å². The topological polar surface area (TPSA) is 83.7 Å². The first-order valence-corrected chi connectivity index (χ1v) is 8.91. The van der Waals surface area contributed by atoms with Gasteiger partial charge in [-0.15, -0.1) is 0 Å². The number of anilines is 1. The highest BCUT2D eigenvalue weighted by molar-refractivity contribution is 6.37. The summed E-state index contributed by atoms with van der Waals surface area (Å²) in [6, 6.07) is 13.9. The Bertz CT molecular complexity index is 974. The fourth-order valence-electron chi connectivity index (χ4n) is 2.38. The number of halogens is 2. The smallest absolute Gasteiger partial charge is 0.341 e. The number of ether oxygens (including phenoxy) is 3. The maximum atomic E-state index is 12.2. The molecule has 6 nitrogen and oxygen atoms in total. The van der Waals surface area contributed by atoms with Crippen LogP contribution in [0, 0.1) is 0 Å². The van der Waals surface area contributed by atoms with E-state index in [-0.39, 0.29) is 39.6 Å². The molecule has 0 saturated heterocycles. The number of carbonyl (C=O) groups is 1. The van der Waals surface area contributed by atoms with Gasteiger partial charge in [0.2, 0.25) is 5.88 Å². The summed E-state index contributed by atoms with van der Waals surface area (Å²) in [5, 5.41) is 0.437. The second kappa shape index (κ2) is 8.82. The summed E-state index contributed by atoms with van der Waals surface area (Å²) in [5.74, 6) is -0.0535. The Morgan fingerprint density at radius 3 is 2.43 bits per heavy atom. The van der Waals surface area contributed by atoms with Gasteiger partial charge < -0.3 is 19.9 Å². The Morgan fingerprint density at radius 1 is 1.11 bits per heavy atom. The minimum Gasteiger partial charge on any atom is -0.486 e. The van der Waals surface area contributed by atoms with Gasteiger partial charge in [-0.1, -0.05) is 53.5 Å². The molecule has 0 radical (unpaired) electrons. The van der Waals surface area contributed by atoms with Crippen LogP contribution < -0.4 is 15.2 Å². The third-order valence-corrected chi connectivity index (χ3v) is 4.27. The zero-order chi connectivity index (χ0) is 20.1. The molecule has 8 heteroatoms. The van der Waals surface area contributed by atoms with E-state index < -0.39 is 5.97 Å². The van der Waals surface area contributed by atoms with Crippen LogP contribution in [0.4, 0.5) is 5.69 Å². The molecule has 0 aliphatic rings. The number of rotatable bonds is 6. The first kappa shape index (κ1) is 19.8. The largest absolute Gasteiger partial charge is 0.486 e. The van der Waals surface area contributed by atoms with E-state index in [9.17, 15) is 4.79 Å². The maximum Gasteiger partial charge on any atom is 0.341 e. The Kier molecular flexibility index (Phi) is 6.23. The van der Waals surface area contributed by atoms with Crippen LogP contribution in [0.5, 0.6) is 17.4 Å². The minimum absolute atomic E-state index is 0.0982. The third-order valence-electron chi connectivity index (χ3n) is 3.71. The molecule has 0 atom stereocenters. The molecule has 0 fully saturated rings. The number of benzene rings is 2. The molecule has 2 N–H and O–H groups in total. The van der Waals surface area contributed by atoms with E-state index in [1.165, 1.54) is 31.5 Å². The predicted molar refractivity (Wildman–Crippen MR) is 107 cm³/mol. The summed E-state index contributed by atoms with van der Waals surface area (Å²) in [7, 11) is 1.28. The van der Waals surface area contributed by atoms with Crippen LogP contribution in [0.25, 0.3) is 0 Å². The molecule has 0 aliphatic heterocycles. The van der Waals surface area contributed by atoms with Gasteiger partial charge in [0, 0.05) is 11.8 Å². The van der Waals surface area contributed by atoms with E-state index in [0.717, 1.165) is 5.56 Å². The van der Waals surface area contributed by atoms with Gasteiger partial charge >= 0.3 is 5.97 Å². The van der Waals surface area contributed by atoms with Gasteiger partial charge in [0.25, 0.3) is 0 Å². The highest BCUT2D eigenvalue weighted by Crippen LogP contribution is 2.38. The molecule has 3 aromatic rings. The highest BCUT2D eigenvalue weighted by atomic mass is 35.5. The minimum atomic E-state index is -0.593. The molecule has 0 amide bonds. The number of methoxy groups -OCH3 is 1. The lowest BCUT2D eigenvalue weighted by atomic mass is 10.2. The van der Waals surface area contributed by atoms with Crippen LogP contribution in [-0.2, 0) is 11.3 Å². The number of nitrogen functional groups attached to an aromatic ring is 1. The summed E-state index contributed by atoms with van der Waals surface area (Å²) in [4.78, 5) is 16.3. The van der Waals surface area contributed by atoms with E-state index in [1.54, 1.807) is 0 Å². The van der Waals surface area contributed by atoms with Gasteiger partial charge in [0.05, 0.1) is 23.4 Å². The third kappa shape index (κ3) is 4.65. The molecule has 0 saturated carbocycles. The van der Waals surface area contributed by atoms with Gasteiger partial charge in [-0.3, -0.25) is 0 Å². The average molecular weight is 419 g/mol. The average Bonchev–Trinajstić information content (AvgIpc) is 2.69. The zero-order valence-corrected chi connectivity index (χ0v) is 16.3. The highest BCUT2D eigenvalue weighted by Gasteiger charge is 2.18. The van der Waals surface area contributed by atoms with Crippen molar-refractivity contribution in [2.75, 3.05) is 12.8 Å². The van der Waals surface area contributed by atoms with E-state index in [2.05, 4.69) is 4.98 Å². The van der Waals surface area contributed by atoms with Crippen molar-refractivity contribution in [1.29, 1.82) is 0 Å². The lowest BCUT2D eigenvalue weighted by molar-refractivity contribution is 0.0595. The van der Waals surface area contributed by atoms with Gasteiger partial charge in [-0.05, 0) is 17.7 Å². The van der Waals surface area contributed by atoms with Crippen molar-refractivity contribution < 1.29 is 19.0 Å². The molecule has 3 rings (SSSR count). The predicted octanol–water partition coefficient (Wildman–Crippen LogP) is 5.13. The summed E-state index contributed by atoms with van der Waals surface area (Å²) in [5.41, 5.74) is 7.19. The molecular formula is C20H16Cl2N2O4. The van der Waals surface area contributed by atoms with Crippen molar-refractivity contribution in [1.82, 2.24) is 4.98 Å². The number of nitrogens with two attached hydrogens (primary N) is 1. The molecular weight excluding hydrogens is 403 g/mol. The fraction of sp³-hybridized carbons (Fsp3) is 0.100. The molecule has 1 aromatic heterocycles. The molecule has 144 valence electrons. The number of pyridine rings is 1. The van der Waals surface area contributed by atoms with Crippen LogP contribution in [0.15, 0.2) is 54.7 Å². The molecule has 0 unspecified atom stereocenters. The van der Waals surface area contributed by atoms with Gasteiger partial charge in [-0.25, -0.2) is 9.78 Å². The summed E-state index contributed by atoms with van der Waals surface area (Å²) < 4.78 is 16.2. The first-order chi connectivity index (χ1) is 13.5. The first-order valence-electron chi connectivity index (χ1n) is 8.15. The molecule has 0 aliphatic carbocycles. The monoisotopic (exact) mass is 418 g/mol. The van der Waals surface area contributed by atoms with Crippen molar-refractivity contribution in [2.24, 2.45) is 0 Å². The molecule has 1 heterocycles. The van der Waals surface area contributed by atoms with Gasteiger partial charge in [0.15, 0.2) is 11.5 Å². The normalized spacial score (nSPS) is 10.4. The Labute approximate surface area is 171 Å². The summed E-state index contributed by atoms with van der Waals surface area (Å²) in [6.45, 7) is 0.266. The van der Waals surface area contributed by atoms with Crippen molar-refractivity contribution in [2.45, 2.75) is 6.61 Å². The molecule has 2 aromatic carbocycles. The van der Waals surface area contributed by atoms with Crippen LogP contribution in [0.1, 0.15) is 15.9 Å². The van der Waals surface area contributed by atoms with Crippen molar-refractivity contribution in [3.05, 3.63) is 75.9 Å². The molecule has 0 bridgehead atoms. The Morgan fingerprint density at radius 2 is 1.79 bits per heavy atom. The Balaban J connectivity index is 1.87. The van der Waals surface area contributed by atoms with Crippen LogP contribution in [0.3, 0.4) is 0 Å². The quantitative estimate of drug-likeness (QED) is 0.441. The second-order valence-electron chi connectivity index (χ2n) is 5.70. The number of aromatic nitrogens is 1. The SMILES string of the molecule is COC(=O)c1cc(Oc2c(Cl)cc(N)cc2Cl)ncc1OCc1ccccc1. The number of nitrogens with zero attached hydrogens (tertiary/aromatic N) is 1. The molecule has 0 spiro atoms. The molecule has 28 heavy (non-hydrogen) atoms. The van der Waals surface area contributed by atoms with Crippen LogP contribution >= 0.6 is 23.2 Å². The summed E-state index contributed by atoms with van der Waals surface area (Å²) in [6.07, 6.45) is 1.38.